The van der Waals surface area contributed by atoms with Gasteiger partial charge in [0.2, 0.25) is 0 Å². The minimum atomic E-state index is -1.22. The van der Waals surface area contributed by atoms with Crippen LogP contribution in [0.1, 0.15) is 44.3 Å². The number of anilines is 1. The van der Waals surface area contributed by atoms with Crippen LogP contribution in [0.3, 0.4) is 0 Å². The van der Waals surface area contributed by atoms with Gasteiger partial charge in [-0.15, -0.1) is 11.3 Å². The SMILES string of the molecule is CCOC(=O)C(=O)Nc1sc2c(c1C(=O)O)CCNC2CNC(=O)c1cc2cc(O)ccc2[nH]1. The van der Waals surface area contributed by atoms with E-state index >= 15 is 0 Å². The third-order valence-electron chi connectivity index (χ3n) is 5.34. The van der Waals surface area contributed by atoms with Gasteiger partial charge in [0.1, 0.15) is 16.4 Å². The number of fused-ring (bicyclic) bond motifs is 2. The Hall–Kier alpha value is -3.90. The van der Waals surface area contributed by atoms with Crippen molar-refractivity contribution in [3.8, 4) is 5.75 Å². The molecule has 1 unspecified atom stereocenters. The minimum Gasteiger partial charge on any atom is -0.508 e. The largest absolute Gasteiger partial charge is 0.508 e. The quantitative estimate of drug-likeness (QED) is 0.226. The van der Waals surface area contributed by atoms with Gasteiger partial charge in [0.25, 0.3) is 5.91 Å². The number of aromatic nitrogens is 1. The number of esters is 1. The van der Waals surface area contributed by atoms with E-state index in [1.165, 1.54) is 6.07 Å². The van der Waals surface area contributed by atoms with Crippen molar-refractivity contribution in [2.45, 2.75) is 19.4 Å². The van der Waals surface area contributed by atoms with Crippen LogP contribution in [0, 0.1) is 0 Å². The van der Waals surface area contributed by atoms with Crippen LogP contribution in [-0.2, 0) is 20.7 Å². The zero-order valence-corrected chi connectivity index (χ0v) is 18.9. The number of ether oxygens (including phenoxy) is 1. The van der Waals surface area contributed by atoms with Crippen molar-refractivity contribution in [2.24, 2.45) is 0 Å². The molecule has 34 heavy (non-hydrogen) atoms. The van der Waals surface area contributed by atoms with Crippen molar-refractivity contribution in [3.05, 3.63) is 46.0 Å². The molecular weight excluding hydrogens is 464 g/mol. The van der Waals surface area contributed by atoms with Crippen LogP contribution in [0.4, 0.5) is 5.00 Å². The van der Waals surface area contributed by atoms with E-state index in [0.717, 1.165) is 11.3 Å². The number of carbonyl (C=O) groups excluding carboxylic acids is 3. The van der Waals surface area contributed by atoms with Gasteiger partial charge in [0.05, 0.1) is 18.2 Å². The van der Waals surface area contributed by atoms with Gasteiger partial charge in [-0.05, 0) is 49.7 Å². The molecule has 4 rings (SSSR count). The predicted octanol–water partition coefficient (Wildman–Crippen LogP) is 1.75. The molecule has 0 saturated carbocycles. The van der Waals surface area contributed by atoms with Crippen LogP contribution in [0.15, 0.2) is 24.3 Å². The highest BCUT2D eigenvalue weighted by Crippen LogP contribution is 2.39. The first-order chi connectivity index (χ1) is 16.3. The molecule has 0 spiro atoms. The number of aromatic hydroxyl groups is 1. The number of nitrogens with one attached hydrogen (secondary N) is 4. The Morgan fingerprint density at radius 2 is 2.03 bits per heavy atom. The number of aromatic carboxylic acids is 1. The normalized spacial score (nSPS) is 14.9. The predicted molar refractivity (Wildman–Crippen MR) is 123 cm³/mol. The molecule has 11 nitrogen and oxygen atoms in total. The second-order valence-electron chi connectivity index (χ2n) is 7.55. The van der Waals surface area contributed by atoms with E-state index in [2.05, 4.69) is 25.7 Å². The molecule has 1 atom stereocenters. The van der Waals surface area contributed by atoms with E-state index in [9.17, 15) is 29.4 Å². The number of hydrogen-bond acceptors (Lipinski definition) is 8. The number of aromatic amines is 1. The first-order valence-corrected chi connectivity index (χ1v) is 11.3. The summed E-state index contributed by atoms with van der Waals surface area (Å²) in [6.07, 6.45) is 0.415. The number of carbonyl (C=O) groups is 4. The molecule has 0 aliphatic carbocycles. The van der Waals surface area contributed by atoms with Crippen LogP contribution in [-0.4, -0.2) is 58.6 Å². The van der Waals surface area contributed by atoms with Crippen molar-refractivity contribution < 1.29 is 34.1 Å². The molecule has 3 heterocycles. The van der Waals surface area contributed by atoms with Crippen molar-refractivity contribution in [2.75, 3.05) is 25.0 Å². The summed E-state index contributed by atoms with van der Waals surface area (Å²) < 4.78 is 4.66. The lowest BCUT2D eigenvalue weighted by Crippen LogP contribution is -2.38. The number of carboxylic acid groups (broad SMARTS) is 1. The molecule has 2 amide bonds. The summed E-state index contributed by atoms with van der Waals surface area (Å²) in [5.74, 6) is -3.64. The lowest BCUT2D eigenvalue weighted by molar-refractivity contribution is -0.152. The van der Waals surface area contributed by atoms with Gasteiger partial charge in [0.15, 0.2) is 0 Å². The van der Waals surface area contributed by atoms with Crippen molar-refractivity contribution in [1.29, 1.82) is 0 Å². The minimum absolute atomic E-state index is 0.0161. The zero-order valence-electron chi connectivity index (χ0n) is 18.1. The number of phenolic OH excluding ortho intramolecular Hbond substituents is 1. The Labute approximate surface area is 197 Å². The summed E-state index contributed by atoms with van der Waals surface area (Å²) in [6, 6.07) is 5.96. The summed E-state index contributed by atoms with van der Waals surface area (Å²) >= 11 is 1.05. The molecule has 6 N–H and O–H groups in total. The Balaban J connectivity index is 1.52. The average Bonchev–Trinajstić information content (AvgIpc) is 3.38. The second-order valence-corrected chi connectivity index (χ2v) is 8.60. The Bertz CT molecular complexity index is 1300. The maximum atomic E-state index is 12.7. The number of benzene rings is 1. The molecule has 1 aliphatic heterocycles. The second kappa shape index (κ2) is 9.53. The molecule has 12 heteroatoms. The molecule has 2 aromatic heterocycles. The zero-order chi connectivity index (χ0) is 24.4. The molecule has 0 bridgehead atoms. The summed E-state index contributed by atoms with van der Waals surface area (Å²) in [5.41, 5.74) is 1.51. The van der Waals surface area contributed by atoms with Gasteiger partial charge in [-0.2, -0.15) is 0 Å². The van der Waals surface area contributed by atoms with Gasteiger partial charge in [-0.25, -0.2) is 9.59 Å². The van der Waals surface area contributed by atoms with Crippen LogP contribution in [0.5, 0.6) is 5.75 Å². The number of thiophene rings is 1. The van der Waals surface area contributed by atoms with Gasteiger partial charge in [-0.3, -0.25) is 9.59 Å². The Morgan fingerprint density at radius 1 is 1.24 bits per heavy atom. The number of H-pyrrole nitrogens is 1. The number of hydrogen-bond donors (Lipinski definition) is 6. The molecule has 1 aromatic carbocycles. The van der Waals surface area contributed by atoms with Crippen molar-refractivity contribution >= 4 is 51.0 Å². The molecule has 0 radical (unpaired) electrons. The monoisotopic (exact) mass is 486 g/mol. The number of amides is 2. The summed E-state index contributed by atoms with van der Waals surface area (Å²) in [6.45, 7) is 2.21. The first-order valence-electron chi connectivity index (χ1n) is 10.5. The highest BCUT2D eigenvalue weighted by atomic mass is 32.1. The molecule has 0 saturated heterocycles. The van der Waals surface area contributed by atoms with Crippen LogP contribution in [0.2, 0.25) is 0 Å². The number of carboxylic acids is 1. The van der Waals surface area contributed by atoms with Gasteiger partial charge >= 0.3 is 17.8 Å². The van der Waals surface area contributed by atoms with Crippen molar-refractivity contribution in [1.82, 2.24) is 15.6 Å². The molecule has 3 aromatic rings. The summed E-state index contributed by atoms with van der Waals surface area (Å²) in [5, 5.41) is 28.5. The first kappa shape index (κ1) is 23.3. The van der Waals surface area contributed by atoms with E-state index in [1.54, 1.807) is 25.1 Å². The highest BCUT2D eigenvalue weighted by Gasteiger charge is 2.32. The third-order valence-corrected chi connectivity index (χ3v) is 6.60. The standard InChI is InChI=1S/C22H22N4O7S/c1-2-33-22(32)19(29)26-20-16(21(30)31)12-5-6-23-15(17(12)34-20)9-24-18(28)14-8-10-7-11(27)3-4-13(10)25-14/h3-4,7-8,15,23,25,27H,2,5-6,9H2,1H3,(H,24,28)(H,26,29)(H,30,31). The summed E-state index contributed by atoms with van der Waals surface area (Å²) in [4.78, 5) is 52.0. The lowest BCUT2D eigenvalue weighted by Gasteiger charge is -2.24. The molecular formula is C22H22N4O7S. The Morgan fingerprint density at radius 3 is 2.76 bits per heavy atom. The van der Waals surface area contributed by atoms with Crippen molar-refractivity contribution in [3.63, 3.8) is 0 Å². The highest BCUT2D eigenvalue weighted by molar-refractivity contribution is 7.17. The van der Waals surface area contributed by atoms with Gasteiger partial charge in [-0.1, -0.05) is 0 Å². The maximum absolute atomic E-state index is 12.7. The third kappa shape index (κ3) is 4.58. The fourth-order valence-electron chi connectivity index (χ4n) is 3.84. The number of phenols is 1. The fourth-order valence-corrected chi connectivity index (χ4v) is 5.15. The van der Waals surface area contributed by atoms with Gasteiger partial charge in [0, 0.05) is 22.3 Å². The van der Waals surface area contributed by atoms with Crippen LogP contribution < -0.4 is 16.0 Å². The van der Waals surface area contributed by atoms with E-state index in [-0.39, 0.29) is 35.4 Å². The molecule has 1 aliphatic rings. The number of rotatable bonds is 6. The average molecular weight is 487 g/mol. The molecule has 0 fully saturated rings. The summed E-state index contributed by atoms with van der Waals surface area (Å²) in [7, 11) is 0. The van der Waals surface area contributed by atoms with E-state index < -0.39 is 23.9 Å². The smallest absolute Gasteiger partial charge is 0.397 e. The fraction of sp³-hybridized carbons (Fsp3) is 0.273. The topological polar surface area (TPSA) is 170 Å². The van der Waals surface area contributed by atoms with E-state index in [4.69, 9.17) is 0 Å². The van der Waals surface area contributed by atoms with E-state index in [0.29, 0.717) is 40.0 Å². The van der Waals surface area contributed by atoms with Crippen LogP contribution in [0.25, 0.3) is 10.9 Å². The van der Waals surface area contributed by atoms with Crippen LogP contribution >= 0.6 is 11.3 Å². The van der Waals surface area contributed by atoms with E-state index in [1.807, 2.05) is 0 Å². The molecule has 178 valence electrons. The maximum Gasteiger partial charge on any atom is 0.397 e. The van der Waals surface area contributed by atoms with Gasteiger partial charge < -0.3 is 35.9 Å². The Kier molecular flexibility index (Phi) is 6.52. The lowest BCUT2D eigenvalue weighted by atomic mass is 9.99.